The van der Waals surface area contributed by atoms with Gasteiger partial charge in [0, 0.05) is 49.4 Å². The summed E-state index contributed by atoms with van der Waals surface area (Å²) in [6, 6.07) is 7.02. The van der Waals surface area contributed by atoms with Crippen LogP contribution in [0.3, 0.4) is 0 Å². The molecule has 2 N–H and O–H groups in total. The Morgan fingerprint density at radius 1 is 1.21 bits per heavy atom. The second kappa shape index (κ2) is 8.32. The Morgan fingerprint density at radius 3 is 2.82 bits per heavy atom. The van der Waals surface area contributed by atoms with Gasteiger partial charge in [-0.05, 0) is 37.1 Å². The lowest BCUT2D eigenvalue weighted by Gasteiger charge is -2.27. The van der Waals surface area contributed by atoms with Gasteiger partial charge in [0.15, 0.2) is 11.6 Å². The minimum absolute atomic E-state index is 0.121. The predicted molar refractivity (Wildman–Crippen MR) is 124 cm³/mol. The van der Waals surface area contributed by atoms with Crippen LogP contribution in [0.25, 0.3) is 27.5 Å². The molecular weight excluding hydrogens is 426 g/mol. The summed E-state index contributed by atoms with van der Waals surface area (Å²) in [5.41, 5.74) is 2.78. The molecule has 1 aromatic carbocycles. The van der Waals surface area contributed by atoms with Crippen LogP contribution in [-0.4, -0.2) is 45.0 Å². The van der Waals surface area contributed by atoms with Crippen molar-refractivity contribution < 1.29 is 8.78 Å². The Hall–Kier alpha value is -3.72. The van der Waals surface area contributed by atoms with Crippen LogP contribution in [-0.2, 0) is 6.54 Å². The zero-order valence-corrected chi connectivity index (χ0v) is 18.2. The zero-order valence-electron chi connectivity index (χ0n) is 18.2. The molecule has 0 bridgehead atoms. The van der Waals surface area contributed by atoms with Gasteiger partial charge < -0.3 is 10.3 Å². The summed E-state index contributed by atoms with van der Waals surface area (Å²) in [5.74, 6) is -0.463. The second-order valence-corrected chi connectivity index (χ2v) is 8.11. The van der Waals surface area contributed by atoms with Crippen LogP contribution in [0.5, 0.6) is 0 Å². The van der Waals surface area contributed by atoms with Gasteiger partial charge in [-0.25, -0.2) is 19.3 Å². The Kier molecular flexibility index (Phi) is 5.33. The molecule has 0 spiro atoms. The number of fused-ring (bicyclic) bond motifs is 2. The van der Waals surface area contributed by atoms with Gasteiger partial charge in [0.2, 0.25) is 5.95 Å². The van der Waals surface area contributed by atoms with E-state index in [1.54, 1.807) is 38.4 Å². The standard InChI is InChI=1S/C24H22F2N6O/c1-13-24(33)31-21-18(29-13)4-3-16(19(21)25)12-32-9-6-14(7-10-32)17-11-15-5-8-28-23(27-2)20(15)30-22(17)26/h3-6,8,11H,7,9-10,12H2,1-2H3,(H,27,28)(H,31,33). The van der Waals surface area contributed by atoms with Gasteiger partial charge in [0.25, 0.3) is 5.56 Å². The number of anilines is 1. The first-order chi connectivity index (χ1) is 15.9. The molecule has 0 unspecified atom stereocenters. The van der Waals surface area contributed by atoms with Crippen LogP contribution in [0.4, 0.5) is 14.6 Å². The van der Waals surface area contributed by atoms with E-state index in [4.69, 9.17) is 0 Å². The average Bonchev–Trinajstić information content (AvgIpc) is 2.82. The van der Waals surface area contributed by atoms with Crippen molar-refractivity contribution in [2.24, 2.45) is 0 Å². The van der Waals surface area contributed by atoms with E-state index in [1.165, 1.54) is 0 Å². The zero-order chi connectivity index (χ0) is 23.1. The molecule has 1 aliphatic rings. The molecule has 0 saturated heterocycles. The fourth-order valence-corrected chi connectivity index (χ4v) is 4.20. The molecule has 9 heteroatoms. The third kappa shape index (κ3) is 3.84. The van der Waals surface area contributed by atoms with Crippen molar-refractivity contribution in [2.75, 3.05) is 25.5 Å². The summed E-state index contributed by atoms with van der Waals surface area (Å²) in [4.78, 5) is 29.0. The highest BCUT2D eigenvalue weighted by Crippen LogP contribution is 2.29. The van der Waals surface area contributed by atoms with E-state index < -0.39 is 17.3 Å². The van der Waals surface area contributed by atoms with Crippen molar-refractivity contribution in [2.45, 2.75) is 19.9 Å². The summed E-state index contributed by atoms with van der Waals surface area (Å²) in [6.07, 6.45) is 4.24. The average molecular weight is 448 g/mol. The number of nitrogens with one attached hydrogen (secondary N) is 2. The van der Waals surface area contributed by atoms with E-state index >= 15 is 4.39 Å². The molecule has 4 heterocycles. The molecule has 4 aromatic rings. The van der Waals surface area contributed by atoms with Crippen LogP contribution in [0.1, 0.15) is 23.2 Å². The van der Waals surface area contributed by atoms with Crippen molar-refractivity contribution in [1.82, 2.24) is 24.8 Å². The fraction of sp³-hybridized carbons (Fsp3) is 0.250. The highest BCUT2D eigenvalue weighted by molar-refractivity contribution is 5.90. The minimum Gasteiger partial charge on any atom is -0.371 e. The molecule has 0 amide bonds. The van der Waals surface area contributed by atoms with Crippen LogP contribution in [0.15, 0.2) is 41.3 Å². The van der Waals surface area contributed by atoms with Crippen molar-refractivity contribution in [3.63, 3.8) is 0 Å². The number of aryl methyl sites for hydroxylation is 1. The van der Waals surface area contributed by atoms with E-state index in [2.05, 4.69) is 30.2 Å². The number of hydrogen-bond acceptors (Lipinski definition) is 6. The lowest BCUT2D eigenvalue weighted by Crippen LogP contribution is -2.28. The molecule has 0 fully saturated rings. The molecule has 1 aliphatic heterocycles. The van der Waals surface area contributed by atoms with E-state index in [9.17, 15) is 9.18 Å². The number of hydrogen-bond donors (Lipinski definition) is 2. The first kappa shape index (κ1) is 21.1. The van der Waals surface area contributed by atoms with Gasteiger partial charge in [-0.15, -0.1) is 0 Å². The monoisotopic (exact) mass is 448 g/mol. The summed E-state index contributed by atoms with van der Waals surface area (Å²) >= 11 is 0. The van der Waals surface area contributed by atoms with Gasteiger partial charge in [-0.3, -0.25) is 9.69 Å². The molecule has 5 rings (SSSR count). The number of aromatic nitrogens is 4. The van der Waals surface area contributed by atoms with Gasteiger partial charge in [0.05, 0.1) is 5.52 Å². The van der Waals surface area contributed by atoms with Crippen LogP contribution < -0.4 is 10.9 Å². The number of halogens is 2. The number of nitrogens with zero attached hydrogens (tertiary/aromatic N) is 4. The molecule has 7 nitrogen and oxygen atoms in total. The lowest BCUT2D eigenvalue weighted by molar-refractivity contribution is 0.289. The number of pyridine rings is 2. The van der Waals surface area contributed by atoms with Gasteiger partial charge in [0.1, 0.15) is 16.7 Å². The molecule has 0 saturated carbocycles. The van der Waals surface area contributed by atoms with Crippen LogP contribution >= 0.6 is 0 Å². The third-order valence-corrected chi connectivity index (χ3v) is 6.01. The molecular formula is C24H22F2N6O. The fourth-order valence-electron chi connectivity index (χ4n) is 4.20. The molecule has 168 valence electrons. The third-order valence-electron chi connectivity index (χ3n) is 6.01. The quantitative estimate of drug-likeness (QED) is 0.462. The highest BCUT2D eigenvalue weighted by atomic mass is 19.1. The summed E-state index contributed by atoms with van der Waals surface area (Å²) < 4.78 is 29.8. The number of aromatic amines is 1. The Bertz CT molecular complexity index is 1480. The largest absolute Gasteiger partial charge is 0.371 e. The van der Waals surface area contributed by atoms with Crippen molar-refractivity contribution in [3.8, 4) is 0 Å². The Balaban J connectivity index is 1.39. The highest BCUT2D eigenvalue weighted by Gasteiger charge is 2.20. The van der Waals surface area contributed by atoms with E-state index in [0.29, 0.717) is 59.7 Å². The topological polar surface area (TPSA) is 86.8 Å². The summed E-state index contributed by atoms with van der Waals surface area (Å²) in [5, 5.41) is 3.74. The van der Waals surface area contributed by atoms with Gasteiger partial charge in [-0.1, -0.05) is 12.1 Å². The summed E-state index contributed by atoms with van der Waals surface area (Å²) in [6.45, 7) is 3.15. The van der Waals surface area contributed by atoms with Crippen molar-refractivity contribution in [1.29, 1.82) is 0 Å². The van der Waals surface area contributed by atoms with E-state index in [-0.39, 0.29) is 5.52 Å². The maximum absolute atomic E-state index is 15.0. The Labute approximate surface area is 188 Å². The maximum Gasteiger partial charge on any atom is 0.269 e. The summed E-state index contributed by atoms with van der Waals surface area (Å²) in [7, 11) is 1.72. The van der Waals surface area contributed by atoms with Gasteiger partial charge in [-0.2, -0.15) is 4.39 Å². The van der Waals surface area contributed by atoms with Crippen molar-refractivity contribution in [3.05, 3.63) is 75.5 Å². The van der Waals surface area contributed by atoms with Crippen LogP contribution in [0.2, 0.25) is 0 Å². The number of benzene rings is 1. The molecule has 0 radical (unpaired) electrons. The lowest BCUT2D eigenvalue weighted by atomic mass is 9.99. The molecule has 3 aromatic heterocycles. The van der Waals surface area contributed by atoms with E-state index in [1.807, 2.05) is 12.1 Å². The second-order valence-electron chi connectivity index (χ2n) is 8.11. The number of rotatable bonds is 4. The normalized spacial score (nSPS) is 14.6. The number of H-pyrrole nitrogens is 1. The molecule has 33 heavy (non-hydrogen) atoms. The first-order valence-electron chi connectivity index (χ1n) is 10.7. The smallest absolute Gasteiger partial charge is 0.269 e. The SMILES string of the molecule is CNc1nccc2cc(C3=CCN(Cc4ccc5nc(C)c(=O)[nH]c5c4F)CC3)c(F)nc12. The predicted octanol–water partition coefficient (Wildman–Crippen LogP) is 3.78. The van der Waals surface area contributed by atoms with E-state index in [0.717, 1.165) is 11.0 Å². The maximum atomic E-state index is 15.0. The molecule has 0 aliphatic carbocycles. The molecule has 0 atom stereocenters. The van der Waals surface area contributed by atoms with Crippen molar-refractivity contribution >= 4 is 33.3 Å². The first-order valence-corrected chi connectivity index (χ1v) is 10.7. The Morgan fingerprint density at radius 2 is 2.06 bits per heavy atom. The minimum atomic E-state index is -0.529. The van der Waals surface area contributed by atoms with Crippen LogP contribution in [0, 0.1) is 18.7 Å². The van der Waals surface area contributed by atoms with Gasteiger partial charge >= 0.3 is 0 Å².